The van der Waals surface area contributed by atoms with Gasteiger partial charge in [0.15, 0.2) is 17.3 Å². The van der Waals surface area contributed by atoms with E-state index < -0.39 is 0 Å². The van der Waals surface area contributed by atoms with E-state index in [0.717, 1.165) is 25.9 Å². The lowest BCUT2D eigenvalue weighted by atomic mass is 10.1. The number of carbonyl (C=O) groups is 1. The number of piperidine rings is 1. The van der Waals surface area contributed by atoms with Crippen LogP contribution in [0.1, 0.15) is 35.4 Å². The number of nitrogens with zero attached hydrogens (tertiary/aromatic N) is 5. The molecule has 0 spiro atoms. The van der Waals surface area contributed by atoms with Gasteiger partial charge in [0, 0.05) is 27.2 Å². The number of rotatable bonds is 7. The summed E-state index contributed by atoms with van der Waals surface area (Å²) in [5, 5.41) is 2.87. The van der Waals surface area contributed by atoms with E-state index in [1.165, 1.54) is 20.6 Å². The maximum atomic E-state index is 12.7. The van der Waals surface area contributed by atoms with Gasteiger partial charge in [0.25, 0.3) is 5.91 Å². The largest absolute Gasteiger partial charge is 0.493 e. The fraction of sp³-hybridized carbons (Fsp3) is 0.500. The highest BCUT2D eigenvalue weighted by Crippen LogP contribution is 2.30. The van der Waals surface area contributed by atoms with E-state index in [4.69, 9.17) is 9.47 Å². The first-order valence-electron chi connectivity index (χ1n) is 9.70. The number of carbonyl (C=O) groups excluding carboxylic acids is 1. The zero-order valence-corrected chi connectivity index (χ0v) is 17.4. The number of para-hydroxylation sites is 1. The first-order valence-corrected chi connectivity index (χ1v) is 9.70. The molecule has 2 heterocycles. The molecule has 0 unspecified atom stereocenters. The van der Waals surface area contributed by atoms with Crippen molar-refractivity contribution in [2.75, 3.05) is 51.2 Å². The lowest BCUT2D eigenvalue weighted by Crippen LogP contribution is -2.33. The monoisotopic (exact) mass is 400 g/mol. The zero-order valence-electron chi connectivity index (χ0n) is 17.4. The van der Waals surface area contributed by atoms with Gasteiger partial charge in [-0.15, -0.1) is 0 Å². The van der Waals surface area contributed by atoms with Crippen LogP contribution in [0.5, 0.6) is 11.5 Å². The molecule has 1 aromatic heterocycles. The summed E-state index contributed by atoms with van der Waals surface area (Å²) in [7, 11) is 6.82. The van der Waals surface area contributed by atoms with Crippen LogP contribution < -0.4 is 24.6 Å². The van der Waals surface area contributed by atoms with Crippen LogP contribution in [0, 0.1) is 0 Å². The molecule has 1 aromatic carbocycles. The number of nitrogens with one attached hydrogen (secondary N) is 1. The van der Waals surface area contributed by atoms with Gasteiger partial charge in [-0.2, -0.15) is 15.0 Å². The Labute approximate surface area is 171 Å². The van der Waals surface area contributed by atoms with E-state index in [1.807, 2.05) is 19.0 Å². The zero-order chi connectivity index (χ0) is 20.8. The average molecular weight is 400 g/mol. The molecule has 156 valence electrons. The maximum Gasteiger partial charge on any atom is 0.255 e. The fourth-order valence-electron chi connectivity index (χ4n) is 3.23. The number of benzene rings is 1. The Morgan fingerprint density at radius 3 is 2.52 bits per heavy atom. The minimum Gasteiger partial charge on any atom is -0.493 e. The van der Waals surface area contributed by atoms with Crippen LogP contribution in [0.4, 0.5) is 11.9 Å². The Bertz CT molecular complexity index is 852. The average Bonchev–Trinajstić information content (AvgIpc) is 2.77. The number of aromatic nitrogens is 3. The van der Waals surface area contributed by atoms with Crippen LogP contribution in [0.3, 0.4) is 0 Å². The van der Waals surface area contributed by atoms with Crippen molar-refractivity contribution in [3.05, 3.63) is 29.6 Å². The van der Waals surface area contributed by atoms with E-state index >= 15 is 0 Å². The summed E-state index contributed by atoms with van der Waals surface area (Å²) >= 11 is 0. The van der Waals surface area contributed by atoms with Crippen LogP contribution in [0.15, 0.2) is 18.2 Å². The van der Waals surface area contributed by atoms with Gasteiger partial charge in [0.2, 0.25) is 11.9 Å². The smallest absolute Gasteiger partial charge is 0.255 e. The molecule has 1 N–H and O–H groups in total. The molecule has 2 aromatic rings. The van der Waals surface area contributed by atoms with Crippen LogP contribution in [0.2, 0.25) is 0 Å². The number of hydrogen-bond donors (Lipinski definition) is 1. The van der Waals surface area contributed by atoms with E-state index in [2.05, 4.69) is 25.2 Å². The molecule has 1 saturated heterocycles. The Hall–Kier alpha value is -3.10. The van der Waals surface area contributed by atoms with Crippen LogP contribution >= 0.6 is 0 Å². The topological polar surface area (TPSA) is 92.7 Å². The molecular weight excluding hydrogens is 372 g/mol. The third kappa shape index (κ3) is 4.85. The highest BCUT2D eigenvalue weighted by atomic mass is 16.5. The van der Waals surface area contributed by atoms with Crippen molar-refractivity contribution in [1.82, 2.24) is 20.3 Å². The normalized spacial score (nSPS) is 13.7. The second kappa shape index (κ2) is 9.40. The SMILES string of the molecule is COc1cccc(C(=O)NCc2nc(N(C)C)nc(N3CCCCC3)n2)c1OC. The van der Waals surface area contributed by atoms with Gasteiger partial charge in [-0.3, -0.25) is 4.79 Å². The molecule has 1 aliphatic heterocycles. The third-order valence-electron chi connectivity index (χ3n) is 4.75. The molecule has 0 saturated carbocycles. The van der Waals surface area contributed by atoms with Crippen molar-refractivity contribution >= 4 is 17.8 Å². The third-order valence-corrected chi connectivity index (χ3v) is 4.75. The number of anilines is 2. The highest BCUT2D eigenvalue weighted by Gasteiger charge is 2.19. The first-order chi connectivity index (χ1) is 14.0. The Balaban J connectivity index is 1.79. The summed E-state index contributed by atoms with van der Waals surface area (Å²) in [5.74, 6) is 2.36. The predicted octanol–water partition coefficient (Wildman–Crippen LogP) is 1.88. The maximum absolute atomic E-state index is 12.7. The van der Waals surface area contributed by atoms with Crippen molar-refractivity contribution in [1.29, 1.82) is 0 Å². The lowest BCUT2D eigenvalue weighted by Gasteiger charge is -2.27. The minimum absolute atomic E-state index is 0.184. The highest BCUT2D eigenvalue weighted by molar-refractivity contribution is 5.97. The summed E-state index contributed by atoms with van der Waals surface area (Å²) in [6.45, 7) is 2.05. The molecule has 1 aliphatic rings. The standard InChI is InChI=1S/C20H28N6O3/c1-25(2)19-22-16(23-20(24-19)26-11-6-5-7-12-26)13-21-18(27)14-9-8-10-15(28-3)17(14)29-4/h8-10H,5-7,11-13H2,1-4H3,(H,21,27). The van der Waals surface area contributed by atoms with Gasteiger partial charge in [-0.25, -0.2) is 0 Å². The number of ether oxygens (including phenoxy) is 2. The van der Waals surface area contributed by atoms with Crippen molar-refractivity contribution in [2.45, 2.75) is 25.8 Å². The molecule has 1 fully saturated rings. The minimum atomic E-state index is -0.285. The van der Waals surface area contributed by atoms with E-state index in [0.29, 0.717) is 34.8 Å². The number of methoxy groups -OCH3 is 2. The van der Waals surface area contributed by atoms with Gasteiger partial charge in [0.05, 0.1) is 26.3 Å². The molecule has 9 nitrogen and oxygen atoms in total. The summed E-state index contributed by atoms with van der Waals surface area (Å²) in [6.07, 6.45) is 3.49. The number of amides is 1. The van der Waals surface area contributed by atoms with Gasteiger partial charge >= 0.3 is 0 Å². The number of hydrogen-bond acceptors (Lipinski definition) is 8. The van der Waals surface area contributed by atoms with Crippen molar-refractivity contribution in [3.63, 3.8) is 0 Å². The quantitative estimate of drug-likeness (QED) is 0.753. The van der Waals surface area contributed by atoms with Gasteiger partial charge < -0.3 is 24.6 Å². The molecule has 0 bridgehead atoms. The van der Waals surface area contributed by atoms with Gasteiger partial charge in [0.1, 0.15) is 0 Å². The molecule has 29 heavy (non-hydrogen) atoms. The van der Waals surface area contributed by atoms with Gasteiger partial charge in [-0.05, 0) is 31.4 Å². The van der Waals surface area contributed by atoms with Crippen LogP contribution in [-0.2, 0) is 6.54 Å². The Morgan fingerprint density at radius 1 is 1.10 bits per heavy atom. The second-order valence-electron chi connectivity index (χ2n) is 7.02. The summed E-state index contributed by atoms with van der Waals surface area (Å²) in [4.78, 5) is 30.4. The second-order valence-corrected chi connectivity index (χ2v) is 7.02. The molecular formula is C20H28N6O3. The molecule has 0 atom stereocenters. The Kier molecular flexibility index (Phi) is 6.69. The summed E-state index contributed by atoms with van der Waals surface area (Å²) in [5.41, 5.74) is 0.394. The molecule has 3 rings (SSSR count). The van der Waals surface area contributed by atoms with E-state index in [9.17, 15) is 4.79 Å². The predicted molar refractivity (Wildman–Crippen MR) is 111 cm³/mol. The van der Waals surface area contributed by atoms with E-state index in [1.54, 1.807) is 18.2 Å². The summed E-state index contributed by atoms with van der Waals surface area (Å²) in [6, 6.07) is 5.18. The summed E-state index contributed by atoms with van der Waals surface area (Å²) < 4.78 is 10.6. The molecule has 0 radical (unpaired) electrons. The van der Waals surface area contributed by atoms with Crippen LogP contribution in [-0.4, -0.2) is 62.3 Å². The fourth-order valence-corrected chi connectivity index (χ4v) is 3.23. The van der Waals surface area contributed by atoms with Crippen molar-refractivity contribution in [2.24, 2.45) is 0 Å². The van der Waals surface area contributed by atoms with Gasteiger partial charge in [-0.1, -0.05) is 6.07 Å². The Morgan fingerprint density at radius 2 is 1.86 bits per heavy atom. The molecule has 1 amide bonds. The van der Waals surface area contributed by atoms with E-state index in [-0.39, 0.29) is 12.5 Å². The van der Waals surface area contributed by atoms with Crippen molar-refractivity contribution < 1.29 is 14.3 Å². The molecule has 0 aliphatic carbocycles. The molecule has 9 heteroatoms. The van der Waals surface area contributed by atoms with Crippen molar-refractivity contribution in [3.8, 4) is 11.5 Å². The lowest BCUT2D eigenvalue weighted by molar-refractivity contribution is 0.0946. The first kappa shape index (κ1) is 20.6. The van der Waals surface area contributed by atoms with Crippen LogP contribution in [0.25, 0.3) is 0 Å².